The second kappa shape index (κ2) is 6.74. The zero-order valence-corrected chi connectivity index (χ0v) is 12.3. The summed E-state index contributed by atoms with van der Waals surface area (Å²) in [6.07, 6.45) is 0. The van der Waals surface area contributed by atoms with Crippen LogP contribution in [0.25, 0.3) is 0 Å². The molecule has 4 N–H and O–H groups in total. The van der Waals surface area contributed by atoms with Crippen LogP contribution >= 0.6 is 0 Å². The molecule has 0 saturated heterocycles. The van der Waals surface area contributed by atoms with E-state index >= 15 is 0 Å². The highest BCUT2D eigenvalue weighted by Gasteiger charge is 2.14. The zero-order chi connectivity index (χ0) is 14.5. The van der Waals surface area contributed by atoms with Gasteiger partial charge in [-0.3, -0.25) is 0 Å². The molecule has 0 fully saturated rings. The van der Waals surface area contributed by atoms with Crippen molar-refractivity contribution in [3.8, 4) is 0 Å². The quantitative estimate of drug-likeness (QED) is 0.651. The van der Waals surface area contributed by atoms with Gasteiger partial charge in [0.15, 0.2) is 0 Å². The first-order valence-corrected chi connectivity index (χ1v) is 7.56. The Morgan fingerprint density at radius 3 is 2.68 bits per heavy atom. The summed E-state index contributed by atoms with van der Waals surface area (Å²) >= 11 is 0. The number of sulfonamides is 1. The van der Waals surface area contributed by atoms with Gasteiger partial charge in [0.25, 0.3) is 0 Å². The number of nitrogens with two attached hydrogens (primary N) is 1. The summed E-state index contributed by atoms with van der Waals surface area (Å²) in [6.45, 7) is 5.02. The molecule has 0 aromatic heterocycles. The molecule has 19 heavy (non-hydrogen) atoms. The van der Waals surface area contributed by atoms with Crippen molar-refractivity contribution in [3.05, 3.63) is 18.2 Å². The van der Waals surface area contributed by atoms with E-state index in [0.717, 1.165) is 0 Å². The van der Waals surface area contributed by atoms with Gasteiger partial charge in [-0.1, -0.05) is 0 Å². The summed E-state index contributed by atoms with van der Waals surface area (Å²) in [5.41, 5.74) is 6.92. The Labute approximate surface area is 114 Å². The van der Waals surface area contributed by atoms with Gasteiger partial charge in [-0.25, -0.2) is 13.1 Å². The summed E-state index contributed by atoms with van der Waals surface area (Å²) in [6, 6.07) is 4.60. The fourth-order valence-corrected chi connectivity index (χ4v) is 2.30. The fraction of sp³-hybridized carbons (Fsp3) is 0.500. The molecule has 1 rings (SSSR count). The smallest absolute Gasteiger partial charge is 0.240 e. The molecular formula is C12H21N3O3S. The number of hydrogen-bond acceptors (Lipinski definition) is 5. The number of rotatable bonds is 7. The third-order valence-corrected chi connectivity index (χ3v) is 3.99. The maximum Gasteiger partial charge on any atom is 0.240 e. The van der Waals surface area contributed by atoms with Crippen LogP contribution in [0.1, 0.15) is 13.8 Å². The van der Waals surface area contributed by atoms with E-state index in [1.807, 2.05) is 13.8 Å². The Morgan fingerprint density at radius 2 is 2.11 bits per heavy atom. The number of benzene rings is 1. The van der Waals surface area contributed by atoms with E-state index < -0.39 is 10.0 Å². The van der Waals surface area contributed by atoms with Gasteiger partial charge in [-0.15, -0.1) is 0 Å². The van der Waals surface area contributed by atoms with E-state index in [4.69, 9.17) is 10.5 Å². The standard InChI is InChI=1S/C12H21N3O3S/c1-4-18-8-9(2)15-12-7-10(5-6-11(12)13)19(16,17)14-3/h5-7,9,14-15H,4,8,13H2,1-3H3. The minimum absolute atomic E-state index is 0.0368. The van der Waals surface area contributed by atoms with Crippen LogP contribution in [0.3, 0.4) is 0 Å². The summed E-state index contributed by atoms with van der Waals surface area (Å²) in [5, 5.41) is 3.14. The van der Waals surface area contributed by atoms with E-state index in [1.165, 1.54) is 19.2 Å². The molecule has 1 aromatic rings. The number of nitrogen functional groups attached to an aromatic ring is 1. The number of nitrogens with one attached hydrogen (secondary N) is 2. The number of hydrogen-bond donors (Lipinski definition) is 3. The Kier molecular flexibility index (Phi) is 5.59. The first-order valence-electron chi connectivity index (χ1n) is 6.08. The van der Waals surface area contributed by atoms with Gasteiger partial charge in [0, 0.05) is 12.6 Å². The summed E-state index contributed by atoms with van der Waals surface area (Å²) in [5.74, 6) is 0. The predicted octanol–water partition coefficient (Wildman–Crippen LogP) is 1.01. The van der Waals surface area contributed by atoms with Gasteiger partial charge in [-0.2, -0.15) is 0 Å². The summed E-state index contributed by atoms with van der Waals surface area (Å²) in [4.78, 5) is 0.176. The Balaban J connectivity index is 2.92. The monoisotopic (exact) mass is 287 g/mol. The van der Waals surface area contributed by atoms with E-state index in [9.17, 15) is 8.42 Å². The molecule has 0 amide bonds. The molecule has 0 saturated carbocycles. The third kappa shape index (κ3) is 4.38. The van der Waals surface area contributed by atoms with Crippen molar-refractivity contribution in [2.24, 2.45) is 0 Å². The van der Waals surface area contributed by atoms with Crippen molar-refractivity contribution in [1.29, 1.82) is 0 Å². The zero-order valence-electron chi connectivity index (χ0n) is 11.4. The van der Waals surface area contributed by atoms with Crippen LogP contribution in [0.15, 0.2) is 23.1 Å². The molecule has 1 unspecified atom stereocenters. The lowest BCUT2D eigenvalue weighted by molar-refractivity contribution is 0.141. The van der Waals surface area contributed by atoms with E-state index in [0.29, 0.717) is 24.6 Å². The molecule has 7 heteroatoms. The SMILES string of the molecule is CCOCC(C)Nc1cc(S(=O)(=O)NC)ccc1N. The molecule has 0 bridgehead atoms. The maximum atomic E-state index is 11.7. The van der Waals surface area contributed by atoms with E-state index in [1.54, 1.807) is 6.07 Å². The maximum absolute atomic E-state index is 11.7. The molecule has 0 spiro atoms. The molecule has 0 aliphatic heterocycles. The Hall–Kier alpha value is -1.31. The van der Waals surface area contributed by atoms with Gasteiger partial charge in [0.1, 0.15) is 0 Å². The van der Waals surface area contributed by atoms with Crippen LogP contribution in [0.5, 0.6) is 0 Å². The second-order valence-electron chi connectivity index (χ2n) is 4.16. The first kappa shape index (κ1) is 15.7. The molecule has 1 aromatic carbocycles. The van der Waals surface area contributed by atoms with Gasteiger partial charge in [0.05, 0.1) is 22.9 Å². The van der Waals surface area contributed by atoms with Crippen molar-refractivity contribution >= 4 is 21.4 Å². The van der Waals surface area contributed by atoms with E-state index in [2.05, 4.69) is 10.0 Å². The first-order chi connectivity index (χ1) is 8.90. The van der Waals surface area contributed by atoms with Gasteiger partial charge in [0.2, 0.25) is 10.0 Å². The second-order valence-corrected chi connectivity index (χ2v) is 6.05. The Morgan fingerprint density at radius 1 is 1.42 bits per heavy atom. The Bertz CT molecular complexity index is 517. The molecule has 0 aliphatic carbocycles. The average molecular weight is 287 g/mol. The third-order valence-electron chi connectivity index (χ3n) is 2.58. The van der Waals surface area contributed by atoms with Gasteiger partial charge < -0.3 is 15.8 Å². The topological polar surface area (TPSA) is 93.4 Å². The minimum Gasteiger partial charge on any atom is -0.397 e. The highest BCUT2D eigenvalue weighted by molar-refractivity contribution is 7.89. The average Bonchev–Trinajstić information content (AvgIpc) is 2.38. The van der Waals surface area contributed by atoms with Gasteiger partial charge >= 0.3 is 0 Å². The van der Waals surface area contributed by atoms with Crippen molar-refractivity contribution in [1.82, 2.24) is 4.72 Å². The van der Waals surface area contributed by atoms with Crippen molar-refractivity contribution in [2.75, 3.05) is 31.3 Å². The van der Waals surface area contributed by atoms with Crippen molar-refractivity contribution in [2.45, 2.75) is 24.8 Å². The number of anilines is 2. The van der Waals surface area contributed by atoms with Crippen molar-refractivity contribution in [3.63, 3.8) is 0 Å². The molecule has 0 radical (unpaired) electrons. The van der Waals surface area contributed by atoms with Crippen LogP contribution < -0.4 is 15.8 Å². The van der Waals surface area contributed by atoms with Crippen LogP contribution in [0.2, 0.25) is 0 Å². The molecule has 0 heterocycles. The highest BCUT2D eigenvalue weighted by Crippen LogP contribution is 2.23. The lowest BCUT2D eigenvalue weighted by Gasteiger charge is -2.17. The van der Waals surface area contributed by atoms with Gasteiger partial charge in [-0.05, 0) is 39.1 Å². The molecule has 1 atom stereocenters. The largest absolute Gasteiger partial charge is 0.397 e. The molecular weight excluding hydrogens is 266 g/mol. The molecule has 0 aliphatic rings. The predicted molar refractivity (Wildman–Crippen MR) is 76.7 cm³/mol. The lowest BCUT2D eigenvalue weighted by atomic mass is 10.2. The summed E-state index contributed by atoms with van der Waals surface area (Å²) < 4.78 is 31.0. The lowest BCUT2D eigenvalue weighted by Crippen LogP contribution is -2.23. The van der Waals surface area contributed by atoms with Crippen LogP contribution in [0, 0.1) is 0 Å². The fourth-order valence-electron chi connectivity index (χ4n) is 1.55. The molecule has 6 nitrogen and oxygen atoms in total. The van der Waals surface area contributed by atoms with Crippen molar-refractivity contribution < 1.29 is 13.2 Å². The highest BCUT2D eigenvalue weighted by atomic mass is 32.2. The summed E-state index contributed by atoms with van der Waals surface area (Å²) in [7, 11) is -2.10. The number of ether oxygens (including phenoxy) is 1. The van der Waals surface area contributed by atoms with E-state index in [-0.39, 0.29) is 10.9 Å². The van der Waals surface area contributed by atoms with Crippen LogP contribution in [0.4, 0.5) is 11.4 Å². The minimum atomic E-state index is -3.47. The van der Waals surface area contributed by atoms with Crippen LogP contribution in [-0.2, 0) is 14.8 Å². The normalized spacial score (nSPS) is 13.2. The molecule has 108 valence electrons. The van der Waals surface area contributed by atoms with Crippen LogP contribution in [-0.4, -0.2) is 34.7 Å².